The van der Waals surface area contributed by atoms with E-state index < -0.39 is 0 Å². The van der Waals surface area contributed by atoms with Crippen molar-refractivity contribution in [3.63, 3.8) is 0 Å². The normalized spacial score (nSPS) is 12.2. The van der Waals surface area contributed by atoms with Crippen LogP contribution in [0.5, 0.6) is 17.2 Å². The van der Waals surface area contributed by atoms with Gasteiger partial charge in [0.1, 0.15) is 11.3 Å². The average Bonchev–Trinajstić information content (AvgIpc) is 3.17. The Bertz CT molecular complexity index is 988. The summed E-state index contributed by atoms with van der Waals surface area (Å²) in [7, 11) is 0. The molecule has 1 aliphatic heterocycles. The van der Waals surface area contributed by atoms with Crippen molar-refractivity contribution in [2.24, 2.45) is 0 Å². The summed E-state index contributed by atoms with van der Waals surface area (Å²) in [5, 5.41) is 4.24. The van der Waals surface area contributed by atoms with Crippen LogP contribution in [0.2, 0.25) is 5.02 Å². The number of amides is 1. The second-order valence-corrected chi connectivity index (χ2v) is 6.39. The fraction of sp³-hybridized carbons (Fsp3) is 0.200. The molecule has 0 radical (unpaired) electrons. The zero-order valence-electron chi connectivity index (χ0n) is 14.4. The molecule has 0 unspecified atom stereocenters. The maximum atomic E-state index is 12.3. The second-order valence-electron chi connectivity index (χ2n) is 5.98. The van der Waals surface area contributed by atoms with Crippen molar-refractivity contribution >= 4 is 28.4 Å². The van der Waals surface area contributed by atoms with Gasteiger partial charge in [0.2, 0.25) is 6.79 Å². The molecule has 0 saturated heterocycles. The topological polar surface area (TPSA) is 69.7 Å². The quantitative estimate of drug-likeness (QED) is 0.654. The van der Waals surface area contributed by atoms with Crippen molar-refractivity contribution in [2.75, 3.05) is 19.9 Å². The number of pyridine rings is 1. The van der Waals surface area contributed by atoms with Gasteiger partial charge in [0.05, 0.1) is 11.6 Å². The maximum absolute atomic E-state index is 12.3. The van der Waals surface area contributed by atoms with Gasteiger partial charge in [0, 0.05) is 23.7 Å². The number of rotatable bonds is 6. The molecule has 0 saturated carbocycles. The van der Waals surface area contributed by atoms with Gasteiger partial charge >= 0.3 is 0 Å². The molecule has 27 heavy (non-hydrogen) atoms. The molecule has 4 rings (SSSR count). The first-order valence-corrected chi connectivity index (χ1v) is 8.94. The molecule has 7 heteroatoms. The van der Waals surface area contributed by atoms with Crippen LogP contribution in [0.15, 0.2) is 48.7 Å². The van der Waals surface area contributed by atoms with Crippen molar-refractivity contribution in [3.8, 4) is 17.2 Å². The first-order valence-electron chi connectivity index (χ1n) is 8.56. The molecular weight excluding hydrogens is 368 g/mol. The van der Waals surface area contributed by atoms with Crippen molar-refractivity contribution in [1.29, 1.82) is 0 Å². The van der Waals surface area contributed by atoms with Gasteiger partial charge in [-0.25, -0.2) is 0 Å². The fourth-order valence-electron chi connectivity index (χ4n) is 2.85. The number of fused-ring (bicyclic) bond motifs is 2. The molecule has 0 spiro atoms. The molecule has 1 N–H and O–H groups in total. The van der Waals surface area contributed by atoms with Crippen LogP contribution >= 0.6 is 11.6 Å². The van der Waals surface area contributed by atoms with E-state index in [1.807, 2.05) is 30.3 Å². The smallest absolute Gasteiger partial charge is 0.251 e. The number of benzene rings is 2. The SMILES string of the molecule is O=C(NCCCOc1cccc2cccnc12)c1cc(Cl)c2c(c1)OCO2. The van der Waals surface area contributed by atoms with E-state index in [9.17, 15) is 4.79 Å². The molecule has 0 aliphatic carbocycles. The van der Waals surface area contributed by atoms with E-state index in [4.69, 9.17) is 25.8 Å². The van der Waals surface area contributed by atoms with Crippen molar-refractivity contribution in [2.45, 2.75) is 6.42 Å². The van der Waals surface area contributed by atoms with Crippen LogP contribution in [-0.4, -0.2) is 30.8 Å². The lowest BCUT2D eigenvalue weighted by atomic mass is 10.2. The summed E-state index contributed by atoms with van der Waals surface area (Å²) in [4.78, 5) is 16.6. The molecule has 6 nitrogen and oxygen atoms in total. The number of nitrogens with one attached hydrogen (secondary N) is 1. The van der Waals surface area contributed by atoms with Gasteiger partial charge in [-0.3, -0.25) is 9.78 Å². The van der Waals surface area contributed by atoms with Crippen LogP contribution < -0.4 is 19.5 Å². The van der Waals surface area contributed by atoms with Gasteiger partial charge < -0.3 is 19.5 Å². The van der Waals surface area contributed by atoms with Gasteiger partial charge in [-0.15, -0.1) is 0 Å². The first-order chi connectivity index (χ1) is 13.2. The number of hydrogen-bond donors (Lipinski definition) is 1. The summed E-state index contributed by atoms with van der Waals surface area (Å²) in [6.07, 6.45) is 2.40. The first kappa shape index (κ1) is 17.4. The van der Waals surface area contributed by atoms with Gasteiger partial charge in [0.15, 0.2) is 11.5 Å². The Morgan fingerprint density at radius 3 is 3.04 bits per heavy atom. The van der Waals surface area contributed by atoms with E-state index in [0.29, 0.717) is 41.7 Å². The molecule has 2 heterocycles. The van der Waals surface area contributed by atoms with Gasteiger partial charge in [-0.2, -0.15) is 0 Å². The summed E-state index contributed by atoms with van der Waals surface area (Å²) in [5.41, 5.74) is 1.27. The number of carbonyl (C=O) groups is 1. The monoisotopic (exact) mass is 384 g/mol. The van der Waals surface area contributed by atoms with Crippen molar-refractivity contribution in [1.82, 2.24) is 10.3 Å². The minimum atomic E-state index is -0.220. The number of hydrogen-bond acceptors (Lipinski definition) is 5. The third-order valence-electron chi connectivity index (χ3n) is 4.15. The van der Waals surface area contributed by atoms with Crippen molar-refractivity contribution in [3.05, 3.63) is 59.2 Å². The lowest BCUT2D eigenvalue weighted by Crippen LogP contribution is -2.25. The minimum absolute atomic E-state index is 0.112. The number of nitrogens with zero attached hydrogens (tertiary/aromatic N) is 1. The Balaban J connectivity index is 1.29. The Morgan fingerprint density at radius 2 is 2.11 bits per heavy atom. The number of ether oxygens (including phenoxy) is 3. The lowest BCUT2D eigenvalue weighted by Gasteiger charge is -2.10. The van der Waals surface area contributed by atoms with E-state index in [1.54, 1.807) is 18.3 Å². The molecule has 138 valence electrons. The highest BCUT2D eigenvalue weighted by molar-refractivity contribution is 6.32. The molecule has 1 aliphatic rings. The number of carbonyl (C=O) groups excluding carboxylic acids is 1. The van der Waals surface area contributed by atoms with Crippen LogP contribution in [0, 0.1) is 0 Å². The largest absolute Gasteiger partial charge is 0.491 e. The Kier molecular flexibility index (Phi) is 4.98. The molecule has 2 aromatic carbocycles. The summed E-state index contributed by atoms with van der Waals surface area (Å²) >= 11 is 6.11. The predicted molar refractivity (Wildman–Crippen MR) is 102 cm³/mol. The van der Waals surface area contributed by atoms with Gasteiger partial charge in [-0.05, 0) is 30.7 Å². The van der Waals surface area contributed by atoms with Crippen LogP contribution in [0.3, 0.4) is 0 Å². The third-order valence-corrected chi connectivity index (χ3v) is 4.43. The van der Waals surface area contributed by atoms with Crippen LogP contribution in [0.1, 0.15) is 16.8 Å². The summed E-state index contributed by atoms with van der Waals surface area (Å²) in [6.45, 7) is 1.06. The zero-order valence-corrected chi connectivity index (χ0v) is 15.2. The number of aromatic nitrogens is 1. The molecular formula is C20H17ClN2O4. The van der Waals surface area contributed by atoms with E-state index >= 15 is 0 Å². The van der Waals surface area contributed by atoms with Crippen molar-refractivity contribution < 1.29 is 19.0 Å². The zero-order chi connectivity index (χ0) is 18.6. The number of halogens is 1. The third kappa shape index (κ3) is 3.75. The summed E-state index contributed by atoms with van der Waals surface area (Å²) < 4.78 is 16.3. The standard InChI is InChI=1S/C20H17ClN2O4/c21-15-10-14(11-17-19(15)27-12-26-17)20(24)23-8-3-9-25-16-6-1-4-13-5-2-7-22-18(13)16/h1-2,4-7,10-11H,3,8-9,12H2,(H,23,24). The van der Waals surface area contributed by atoms with Gasteiger partial charge in [-0.1, -0.05) is 29.8 Å². The van der Waals surface area contributed by atoms with Crippen LogP contribution in [-0.2, 0) is 0 Å². The molecule has 0 atom stereocenters. The maximum Gasteiger partial charge on any atom is 0.251 e. The van der Waals surface area contributed by atoms with E-state index in [1.165, 1.54) is 0 Å². The predicted octanol–water partition coefficient (Wildman–Crippen LogP) is 3.82. The summed E-state index contributed by atoms with van der Waals surface area (Å²) in [5.74, 6) is 1.48. The molecule has 1 amide bonds. The molecule has 1 aromatic heterocycles. The van der Waals surface area contributed by atoms with E-state index in [2.05, 4.69) is 10.3 Å². The second kappa shape index (κ2) is 7.72. The molecule has 0 bridgehead atoms. The number of para-hydroxylation sites is 1. The molecule has 0 fully saturated rings. The Morgan fingerprint density at radius 1 is 1.22 bits per heavy atom. The van der Waals surface area contributed by atoms with E-state index in [-0.39, 0.29) is 12.7 Å². The Labute approximate surface area is 161 Å². The summed E-state index contributed by atoms with van der Waals surface area (Å²) in [6, 6.07) is 12.9. The van der Waals surface area contributed by atoms with Crippen LogP contribution in [0.4, 0.5) is 0 Å². The van der Waals surface area contributed by atoms with Crippen LogP contribution in [0.25, 0.3) is 10.9 Å². The minimum Gasteiger partial charge on any atom is -0.491 e. The lowest BCUT2D eigenvalue weighted by molar-refractivity contribution is 0.0951. The fourth-order valence-corrected chi connectivity index (χ4v) is 3.11. The highest BCUT2D eigenvalue weighted by atomic mass is 35.5. The highest BCUT2D eigenvalue weighted by Gasteiger charge is 2.20. The average molecular weight is 385 g/mol. The Hall–Kier alpha value is -2.99. The highest BCUT2D eigenvalue weighted by Crippen LogP contribution is 2.39. The molecule has 3 aromatic rings. The van der Waals surface area contributed by atoms with Gasteiger partial charge in [0.25, 0.3) is 5.91 Å². The van der Waals surface area contributed by atoms with E-state index in [0.717, 1.165) is 16.7 Å².